The molecule has 1 aliphatic heterocycles. The molecule has 2 unspecified atom stereocenters. The summed E-state index contributed by atoms with van der Waals surface area (Å²) >= 11 is 1.44. The van der Waals surface area contributed by atoms with Crippen LogP contribution in [0.3, 0.4) is 0 Å². The minimum atomic E-state index is -3.59. The molecule has 0 aliphatic carbocycles. The Morgan fingerprint density at radius 3 is 3.00 bits per heavy atom. The Bertz CT molecular complexity index is 504. The number of nitrogens with zero attached hydrogens (tertiary/aromatic N) is 2. The monoisotopic (exact) mass is 319 g/mol. The van der Waals surface area contributed by atoms with Crippen LogP contribution in [0.2, 0.25) is 0 Å². The highest BCUT2D eigenvalue weighted by Gasteiger charge is 2.33. The Morgan fingerprint density at radius 2 is 2.40 bits per heavy atom. The average Bonchev–Trinajstić information content (AvgIpc) is 2.98. The van der Waals surface area contributed by atoms with Crippen molar-refractivity contribution in [1.82, 2.24) is 14.0 Å². The van der Waals surface area contributed by atoms with Gasteiger partial charge in [0.2, 0.25) is 0 Å². The number of piperidine rings is 1. The normalized spacial score (nSPS) is 22.8. The number of thiazole rings is 1. The largest absolute Gasteiger partial charge is 0.395 e. The van der Waals surface area contributed by atoms with Crippen LogP contribution in [0.15, 0.2) is 11.6 Å². The fraction of sp³-hybridized carbons (Fsp3) is 0.750. The van der Waals surface area contributed by atoms with Crippen molar-refractivity contribution in [3.63, 3.8) is 0 Å². The van der Waals surface area contributed by atoms with E-state index in [1.807, 2.05) is 12.3 Å². The zero-order chi connectivity index (χ0) is 14.6. The van der Waals surface area contributed by atoms with Gasteiger partial charge in [0.05, 0.1) is 12.6 Å². The van der Waals surface area contributed by atoms with E-state index in [4.69, 9.17) is 0 Å². The number of hydrogen-bond donors (Lipinski definition) is 2. The lowest BCUT2D eigenvalue weighted by Gasteiger charge is -2.34. The Morgan fingerprint density at radius 1 is 1.60 bits per heavy atom. The molecule has 1 aromatic rings. The summed E-state index contributed by atoms with van der Waals surface area (Å²) in [7, 11) is -3.59. The fourth-order valence-electron chi connectivity index (χ4n) is 2.44. The summed E-state index contributed by atoms with van der Waals surface area (Å²) in [6.07, 6.45) is 4.83. The number of aliphatic hydroxyl groups is 1. The minimum absolute atomic E-state index is 0.130. The number of hydrogen-bond acceptors (Lipinski definition) is 5. The first-order chi connectivity index (χ1) is 9.58. The van der Waals surface area contributed by atoms with Crippen molar-refractivity contribution >= 4 is 21.5 Å². The Balaban J connectivity index is 2.13. The van der Waals surface area contributed by atoms with E-state index >= 15 is 0 Å². The maximum absolute atomic E-state index is 12.5. The highest BCUT2D eigenvalue weighted by Crippen LogP contribution is 2.24. The van der Waals surface area contributed by atoms with E-state index in [0.717, 1.165) is 17.8 Å². The first-order valence-corrected chi connectivity index (χ1v) is 9.19. The first-order valence-electron chi connectivity index (χ1n) is 6.87. The minimum Gasteiger partial charge on any atom is -0.395 e. The maximum atomic E-state index is 12.5. The van der Waals surface area contributed by atoms with Crippen LogP contribution in [0.1, 0.15) is 43.7 Å². The lowest BCUT2D eigenvalue weighted by atomic mass is 10.1. The number of rotatable bonds is 6. The second-order valence-electron chi connectivity index (χ2n) is 4.90. The number of aliphatic hydroxyl groups excluding tert-OH is 1. The van der Waals surface area contributed by atoms with Crippen molar-refractivity contribution in [2.75, 3.05) is 13.2 Å². The van der Waals surface area contributed by atoms with E-state index in [-0.39, 0.29) is 18.7 Å². The van der Waals surface area contributed by atoms with Gasteiger partial charge in [-0.05, 0) is 19.3 Å². The molecule has 1 aromatic heterocycles. The van der Waals surface area contributed by atoms with Gasteiger partial charge in [-0.2, -0.15) is 17.4 Å². The Labute approximate surface area is 124 Å². The van der Waals surface area contributed by atoms with E-state index in [9.17, 15) is 13.5 Å². The van der Waals surface area contributed by atoms with Crippen molar-refractivity contribution in [2.24, 2.45) is 0 Å². The van der Waals surface area contributed by atoms with Gasteiger partial charge in [0.25, 0.3) is 10.2 Å². The lowest BCUT2D eigenvalue weighted by Crippen LogP contribution is -2.51. The lowest BCUT2D eigenvalue weighted by molar-refractivity contribution is 0.153. The molecule has 6 nitrogen and oxygen atoms in total. The second kappa shape index (κ2) is 6.95. The molecule has 2 N–H and O–H groups in total. The molecule has 1 aliphatic rings. The van der Waals surface area contributed by atoms with Crippen LogP contribution >= 0.6 is 11.3 Å². The van der Waals surface area contributed by atoms with Crippen LogP contribution in [0, 0.1) is 0 Å². The van der Waals surface area contributed by atoms with Gasteiger partial charge in [-0.25, -0.2) is 4.98 Å². The molecule has 2 heterocycles. The maximum Gasteiger partial charge on any atom is 0.280 e. The Hall–Kier alpha value is -0.540. The highest BCUT2D eigenvalue weighted by atomic mass is 32.2. The zero-order valence-electron chi connectivity index (χ0n) is 11.5. The summed E-state index contributed by atoms with van der Waals surface area (Å²) in [5.74, 6) is 0. The van der Waals surface area contributed by atoms with Crippen LogP contribution in [-0.4, -0.2) is 42.0 Å². The molecule has 1 saturated heterocycles. The van der Waals surface area contributed by atoms with Gasteiger partial charge in [0.15, 0.2) is 0 Å². The molecule has 0 radical (unpaired) electrons. The van der Waals surface area contributed by atoms with Crippen molar-refractivity contribution < 1.29 is 13.5 Å². The van der Waals surface area contributed by atoms with Crippen molar-refractivity contribution in [1.29, 1.82) is 0 Å². The number of aromatic nitrogens is 1. The molecule has 1 fully saturated rings. The van der Waals surface area contributed by atoms with E-state index < -0.39 is 10.2 Å². The molecule has 8 heteroatoms. The topological polar surface area (TPSA) is 82.5 Å². The van der Waals surface area contributed by atoms with Gasteiger partial charge in [-0.3, -0.25) is 0 Å². The van der Waals surface area contributed by atoms with Crippen LogP contribution in [0.25, 0.3) is 0 Å². The second-order valence-corrected chi connectivity index (χ2v) is 7.48. The fourth-order valence-corrected chi connectivity index (χ4v) is 4.99. The SMILES string of the molecule is CCC(NS(=O)(=O)N1CCCCC1CO)c1nccs1. The molecule has 0 saturated carbocycles. The first kappa shape index (κ1) is 15.8. The van der Waals surface area contributed by atoms with E-state index in [0.29, 0.717) is 19.4 Å². The molecular weight excluding hydrogens is 298 g/mol. The van der Waals surface area contributed by atoms with Crippen molar-refractivity contribution in [3.05, 3.63) is 16.6 Å². The molecule has 0 spiro atoms. The predicted molar refractivity (Wildman–Crippen MR) is 78.6 cm³/mol. The van der Waals surface area contributed by atoms with Gasteiger partial charge in [0.1, 0.15) is 5.01 Å². The van der Waals surface area contributed by atoms with Gasteiger partial charge in [-0.15, -0.1) is 11.3 Å². The standard InChI is InChI=1S/C12H21N3O3S2/c1-2-11(12-13-6-8-19-12)14-20(17,18)15-7-4-3-5-10(15)9-16/h6,8,10-11,14,16H,2-5,7,9H2,1H3. The molecule has 0 amide bonds. The van der Waals surface area contributed by atoms with Crippen molar-refractivity contribution in [2.45, 2.75) is 44.7 Å². The predicted octanol–water partition coefficient (Wildman–Crippen LogP) is 1.28. The van der Waals surface area contributed by atoms with Crippen LogP contribution in [-0.2, 0) is 10.2 Å². The third-order valence-corrected chi connectivity index (χ3v) is 6.11. The molecule has 2 rings (SSSR count). The van der Waals surface area contributed by atoms with Gasteiger partial charge in [0, 0.05) is 24.2 Å². The van der Waals surface area contributed by atoms with Gasteiger partial charge < -0.3 is 5.11 Å². The molecule has 0 aromatic carbocycles. The highest BCUT2D eigenvalue weighted by molar-refractivity contribution is 7.87. The summed E-state index contributed by atoms with van der Waals surface area (Å²) in [5, 5.41) is 12.0. The molecule has 20 heavy (non-hydrogen) atoms. The van der Waals surface area contributed by atoms with E-state index in [1.54, 1.807) is 6.20 Å². The summed E-state index contributed by atoms with van der Waals surface area (Å²) in [5.41, 5.74) is 0. The third kappa shape index (κ3) is 3.56. The van der Waals surface area contributed by atoms with Crippen LogP contribution in [0.4, 0.5) is 0 Å². The zero-order valence-corrected chi connectivity index (χ0v) is 13.2. The summed E-state index contributed by atoms with van der Waals surface area (Å²) in [4.78, 5) is 4.18. The smallest absolute Gasteiger partial charge is 0.280 e. The summed E-state index contributed by atoms with van der Waals surface area (Å²) in [6, 6.07) is -0.615. The van der Waals surface area contributed by atoms with Crippen molar-refractivity contribution in [3.8, 4) is 0 Å². The van der Waals surface area contributed by atoms with Gasteiger partial charge in [-0.1, -0.05) is 13.3 Å². The Kier molecular flexibility index (Phi) is 5.50. The molecule has 114 valence electrons. The van der Waals surface area contributed by atoms with Crippen LogP contribution in [0.5, 0.6) is 0 Å². The molecular formula is C12H21N3O3S2. The molecule has 2 atom stereocenters. The van der Waals surface area contributed by atoms with E-state index in [1.165, 1.54) is 15.6 Å². The average molecular weight is 319 g/mol. The molecule has 0 bridgehead atoms. The summed E-state index contributed by atoms with van der Waals surface area (Å²) < 4.78 is 29.1. The third-order valence-electron chi connectivity index (χ3n) is 3.54. The quantitative estimate of drug-likeness (QED) is 0.827. The van der Waals surface area contributed by atoms with Crippen LogP contribution < -0.4 is 4.72 Å². The van der Waals surface area contributed by atoms with E-state index in [2.05, 4.69) is 9.71 Å². The van der Waals surface area contributed by atoms with Gasteiger partial charge >= 0.3 is 0 Å². The summed E-state index contributed by atoms with van der Waals surface area (Å²) in [6.45, 7) is 2.26. The number of nitrogens with one attached hydrogen (secondary N) is 1.